The number of piperazine rings is 1. The van der Waals surface area contributed by atoms with Crippen molar-refractivity contribution in [2.45, 2.75) is 19.4 Å². The maximum atomic E-state index is 13.9. The zero-order valence-corrected chi connectivity index (χ0v) is 16.8. The van der Waals surface area contributed by atoms with Gasteiger partial charge in [-0.3, -0.25) is 9.69 Å². The van der Waals surface area contributed by atoms with Crippen LogP contribution in [0.2, 0.25) is 0 Å². The van der Waals surface area contributed by atoms with Gasteiger partial charge in [-0.2, -0.15) is 0 Å². The van der Waals surface area contributed by atoms with Crippen molar-refractivity contribution < 1.29 is 13.9 Å². The number of benzene rings is 1. The first kappa shape index (κ1) is 19.6. The molecular formula is C22H27FN4O2. The Balaban J connectivity index is 1.31. The monoisotopic (exact) mass is 398 g/mol. The van der Waals surface area contributed by atoms with Gasteiger partial charge in [-0.1, -0.05) is 6.07 Å². The zero-order chi connectivity index (χ0) is 20.2. The lowest BCUT2D eigenvalue weighted by molar-refractivity contribution is 0.0792. The molecule has 0 radical (unpaired) electrons. The van der Waals surface area contributed by atoms with Gasteiger partial charge in [0.25, 0.3) is 5.91 Å². The first-order valence-electron chi connectivity index (χ1n) is 10.2. The highest BCUT2D eigenvalue weighted by Crippen LogP contribution is 2.20. The summed E-state index contributed by atoms with van der Waals surface area (Å²) < 4.78 is 18.9. The second-order valence-electron chi connectivity index (χ2n) is 7.64. The molecule has 2 aromatic rings. The van der Waals surface area contributed by atoms with Crippen molar-refractivity contribution in [3.8, 4) is 5.75 Å². The molecule has 2 fully saturated rings. The fourth-order valence-electron chi connectivity index (χ4n) is 4.00. The predicted molar refractivity (Wildman–Crippen MR) is 110 cm³/mol. The number of halogens is 1. The number of amides is 1. The van der Waals surface area contributed by atoms with Gasteiger partial charge in [0.2, 0.25) is 0 Å². The lowest BCUT2D eigenvalue weighted by Crippen LogP contribution is -2.46. The van der Waals surface area contributed by atoms with E-state index in [4.69, 9.17) is 4.74 Å². The van der Waals surface area contributed by atoms with Crippen LogP contribution < -0.4 is 9.64 Å². The van der Waals surface area contributed by atoms with Crippen LogP contribution in [0.1, 0.15) is 28.8 Å². The van der Waals surface area contributed by atoms with Gasteiger partial charge in [0.05, 0.1) is 12.7 Å². The molecule has 0 spiro atoms. The first-order valence-corrected chi connectivity index (χ1v) is 10.2. The van der Waals surface area contributed by atoms with Gasteiger partial charge in [0.15, 0.2) is 11.6 Å². The van der Waals surface area contributed by atoms with Crippen LogP contribution >= 0.6 is 0 Å². The maximum Gasteiger partial charge on any atom is 0.255 e. The Morgan fingerprint density at radius 3 is 2.45 bits per heavy atom. The van der Waals surface area contributed by atoms with E-state index in [2.05, 4.69) is 14.8 Å². The molecule has 1 aromatic carbocycles. The lowest BCUT2D eigenvalue weighted by atomic mass is 10.1. The molecule has 2 aliphatic heterocycles. The molecule has 2 saturated heterocycles. The minimum absolute atomic E-state index is 0.0816. The summed E-state index contributed by atoms with van der Waals surface area (Å²) in [5, 5.41) is 0. The number of ether oxygens (including phenoxy) is 1. The number of hydrogen-bond acceptors (Lipinski definition) is 5. The van der Waals surface area contributed by atoms with Gasteiger partial charge in [0, 0.05) is 52.0 Å². The van der Waals surface area contributed by atoms with Gasteiger partial charge in [-0.15, -0.1) is 0 Å². The molecule has 0 atom stereocenters. The number of rotatable bonds is 5. The Kier molecular flexibility index (Phi) is 5.94. The normalized spacial score (nSPS) is 17.6. The molecule has 0 bridgehead atoms. The van der Waals surface area contributed by atoms with E-state index in [9.17, 15) is 9.18 Å². The summed E-state index contributed by atoms with van der Waals surface area (Å²) in [6.45, 7) is 5.87. The van der Waals surface area contributed by atoms with Gasteiger partial charge < -0.3 is 14.5 Å². The molecule has 0 unspecified atom stereocenters. The Labute approximate surface area is 170 Å². The van der Waals surface area contributed by atoms with E-state index in [0.29, 0.717) is 12.1 Å². The van der Waals surface area contributed by atoms with Gasteiger partial charge in [0.1, 0.15) is 5.82 Å². The number of likely N-dealkylation sites (tertiary alicyclic amines) is 1. The van der Waals surface area contributed by atoms with Crippen LogP contribution in [-0.2, 0) is 6.54 Å². The van der Waals surface area contributed by atoms with Crippen molar-refractivity contribution >= 4 is 11.7 Å². The Bertz CT molecular complexity index is 844. The third kappa shape index (κ3) is 4.50. The summed E-state index contributed by atoms with van der Waals surface area (Å²) in [5.41, 5.74) is 1.61. The molecule has 0 saturated carbocycles. The number of carbonyl (C=O) groups is 1. The van der Waals surface area contributed by atoms with Crippen molar-refractivity contribution in [3.05, 3.63) is 53.5 Å². The number of carbonyl (C=O) groups excluding carboxylic acids is 1. The second kappa shape index (κ2) is 8.78. The van der Waals surface area contributed by atoms with Crippen molar-refractivity contribution in [3.63, 3.8) is 0 Å². The van der Waals surface area contributed by atoms with E-state index in [1.807, 2.05) is 23.1 Å². The van der Waals surface area contributed by atoms with Crippen molar-refractivity contribution in [2.24, 2.45) is 0 Å². The summed E-state index contributed by atoms with van der Waals surface area (Å²) >= 11 is 0. The van der Waals surface area contributed by atoms with E-state index in [0.717, 1.165) is 63.5 Å². The Morgan fingerprint density at radius 1 is 1.07 bits per heavy atom. The summed E-state index contributed by atoms with van der Waals surface area (Å²) in [6, 6.07) is 8.96. The summed E-state index contributed by atoms with van der Waals surface area (Å²) in [7, 11) is 1.47. The fourth-order valence-corrected chi connectivity index (χ4v) is 4.00. The predicted octanol–water partition coefficient (Wildman–Crippen LogP) is 2.79. The third-order valence-electron chi connectivity index (χ3n) is 5.71. The van der Waals surface area contributed by atoms with E-state index < -0.39 is 0 Å². The number of pyridine rings is 1. The highest BCUT2D eigenvalue weighted by atomic mass is 19.1. The van der Waals surface area contributed by atoms with E-state index >= 15 is 0 Å². The van der Waals surface area contributed by atoms with Crippen LogP contribution in [0.4, 0.5) is 10.2 Å². The standard InChI is InChI=1S/C22H27FN4O2/c1-29-20-6-4-17(14-19(20)23)16-25-10-12-26(13-11-25)21-7-5-18(15-24-21)22(28)27-8-2-3-9-27/h4-7,14-15H,2-3,8-13,16H2,1H3. The highest BCUT2D eigenvalue weighted by molar-refractivity contribution is 5.94. The molecule has 0 aliphatic carbocycles. The number of nitrogens with zero attached hydrogens (tertiary/aromatic N) is 4. The van der Waals surface area contributed by atoms with Crippen LogP contribution in [-0.4, -0.2) is 67.1 Å². The number of hydrogen-bond donors (Lipinski definition) is 0. The zero-order valence-electron chi connectivity index (χ0n) is 16.8. The fraction of sp³-hybridized carbons (Fsp3) is 0.455. The Hall–Kier alpha value is -2.67. The van der Waals surface area contributed by atoms with Crippen LogP contribution in [0, 0.1) is 5.82 Å². The van der Waals surface area contributed by atoms with Crippen LogP contribution in [0.5, 0.6) is 5.75 Å². The molecule has 1 aromatic heterocycles. The minimum Gasteiger partial charge on any atom is -0.494 e. The summed E-state index contributed by atoms with van der Waals surface area (Å²) in [4.78, 5) is 23.4. The second-order valence-corrected chi connectivity index (χ2v) is 7.64. The number of methoxy groups -OCH3 is 1. The van der Waals surface area contributed by atoms with E-state index in [1.54, 1.807) is 18.3 Å². The largest absolute Gasteiger partial charge is 0.494 e. The highest BCUT2D eigenvalue weighted by Gasteiger charge is 2.21. The maximum absolute atomic E-state index is 13.9. The molecule has 1 amide bonds. The molecule has 6 nitrogen and oxygen atoms in total. The molecular weight excluding hydrogens is 371 g/mol. The number of anilines is 1. The SMILES string of the molecule is COc1ccc(CN2CCN(c3ccc(C(=O)N4CCCC4)cn3)CC2)cc1F. The molecule has 2 aliphatic rings. The third-order valence-corrected chi connectivity index (χ3v) is 5.71. The average Bonchev–Trinajstić information content (AvgIpc) is 3.29. The first-order chi connectivity index (χ1) is 14.1. The molecule has 29 heavy (non-hydrogen) atoms. The van der Waals surface area contributed by atoms with Crippen LogP contribution in [0.15, 0.2) is 36.5 Å². The topological polar surface area (TPSA) is 48.9 Å². The van der Waals surface area contributed by atoms with Crippen molar-refractivity contribution in [1.82, 2.24) is 14.8 Å². The molecule has 4 rings (SSSR count). The molecule has 154 valence electrons. The quantitative estimate of drug-likeness (QED) is 0.775. The average molecular weight is 398 g/mol. The van der Waals surface area contributed by atoms with Gasteiger partial charge in [-0.05, 0) is 42.7 Å². The summed E-state index contributed by atoms with van der Waals surface area (Å²) in [5.74, 6) is 0.934. The van der Waals surface area contributed by atoms with Gasteiger partial charge in [-0.25, -0.2) is 9.37 Å². The molecule has 3 heterocycles. The van der Waals surface area contributed by atoms with Crippen LogP contribution in [0.25, 0.3) is 0 Å². The van der Waals surface area contributed by atoms with Crippen LogP contribution in [0.3, 0.4) is 0 Å². The van der Waals surface area contributed by atoms with Gasteiger partial charge >= 0.3 is 0 Å². The lowest BCUT2D eigenvalue weighted by Gasteiger charge is -2.35. The smallest absolute Gasteiger partial charge is 0.255 e. The minimum atomic E-state index is -0.323. The summed E-state index contributed by atoms with van der Waals surface area (Å²) in [6.07, 6.45) is 3.87. The van der Waals surface area contributed by atoms with Crippen molar-refractivity contribution in [2.75, 3.05) is 51.3 Å². The van der Waals surface area contributed by atoms with E-state index in [-0.39, 0.29) is 17.5 Å². The number of aromatic nitrogens is 1. The van der Waals surface area contributed by atoms with Crippen molar-refractivity contribution in [1.29, 1.82) is 0 Å². The van der Waals surface area contributed by atoms with E-state index in [1.165, 1.54) is 7.11 Å². The Morgan fingerprint density at radius 2 is 1.83 bits per heavy atom. The molecule has 0 N–H and O–H groups in total. The molecule has 7 heteroatoms.